The molecule has 0 fully saturated rings. The Labute approximate surface area is 178 Å². The molecule has 4 aromatic rings. The molecule has 11 heteroatoms. The van der Waals surface area contributed by atoms with Crippen molar-refractivity contribution >= 4 is 5.91 Å². The van der Waals surface area contributed by atoms with E-state index in [9.17, 15) is 23.1 Å². The zero-order valence-electron chi connectivity index (χ0n) is 16.4. The van der Waals surface area contributed by atoms with E-state index in [2.05, 4.69) is 15.3 Å². The number of halogens is 3. The van der Waals surface area contributed by atoms with Crippen molar-refractivity contribution in [3.8, 4) is 34.3 Å². The number of rotatable bonds is 5. The van der Waals surface area contributed by atoms with Crippen molar-refractivity contribution < 1.29 is 32.1 Å². The molecule has 0 aliphatic heterocycles. The molecule has 1 atom stereocenters. The maximum absolute atomic E-state index is 13.8. The van der Waals surface area contributed by atoms with Gasteiger partial charge in [0.2, 0.25) is 11.6 Å². The Morgan fingerprint density at radius 3 is 2.22 bits per heavy atom. The summed E-state index contributed by atoms with van der Waals surface area (Å²) in [6, 6.07) is 13.5. The lowest BCUT2D eigenvalue weighted by molar-refractivity contribution is -0.137. The summed E-state index contributed by atoms with van der Waals surface area (Å²) in [5.74, 6) is -2.18. The first-order valence-corrected chi connectivity index (χ1v) is 9.18. The zero-order valence-corrected chi connectivity index (χ0v) is 16.4. The molecule has 2 aromatic heterocycles. The van der Waals surface area contributed by atoms with Gasteiger partial charge in [-0.2, -0.15) is 18.2 Å². The molecule has 1 amide bonds. The number of carbonyl (C=O) groups excluding carboxylic acids is 1. The zero-order chi connectivity index (χ0) is 23.1. The van der Waals surface area contributed by atoms with E-state index in [4.69, 9.17) is 14.8 Å². The second-order valence-electron chi connectivity index (χ2n) is 7.04. The van der Waals surface area contributed by atoms with Crippen LogP contribution in [0.3, 0.4) is 0 Å². The molecule has 0 aliphatic rings. The van der Waals surface area contributed by atoms with Gasteiger partial charge in [-0.25, -0.2) is 0 Å². The number of hydrogen-bond donors (Lipinski definition) is 2. The number of aromatic nitrogens is 3. The summed E-state index contributed by atoms with van der Waals surface area (Å²) in [6.07, 6.45) is -4.79. The minimum absolute atomic E-state index is 0.0314. The van der Waals surface area contributed by atoms with Crippen LogP contribution in [0.2, 0.25) is 0 Å². The quantitative estimate of drug-likeness (QED) is 0.479. The van der Waals surface area contributed by atoms with Crippen LogP contribution in [-0.4, -0.2) is 26.3 Å². The Hall–Kier alpha value is -3.99. The Morgan fingerprint density at radius 1 is 0.969 bits per heavy atom. The summed E-state index contributed by atoms with van der Waals surface area (Å²) in [7, 11) is 0. The highest BCUT2D eigenvalue weighted by Crippen LogP contribution is 2.43. The average molecular weight is 444 g/mol. The fourth-order valence-corrected chi connectivity index (χ4v) is 3.01. The van der Waals surface area contributed by atoms with E-state index < -0.39 is 40.6 Å². The lowest BCUT2D eigenvalue weighted by atomic mass is 9.94. The number of aliphatic hydroxyl groups is 1. The number of hydrogen-bond acceptors (Lipinski definition) is 7. The number of benzene rings is 2. The van der Waals surface area contributed by atoms with Gasteiger partial charge in [0.25, 0.3) is 11.8 Å². The number of primary amides is 1. The number of alkyl halides is 3. The van der Waals surface area contributed by atoms with Crippen LogP contribution in [0.5, 0.6) is 0 Å². The predicted molar refractivity (Wildman–Crippen MR) is 104 cm³/mol. The average Bonchev–Trinajstić information content (AvgIpc) is 3.41. The summed E-state index contributed by atoms with van der Waals surface area (Å²) in [5.41, 5.74) is 2.55. The molecular weight excluding hydrogens is 429 g/mol. The second-order valence-corrected chi connectivity index (χ2v) is 7.04. The van der Waals surface area contributed by atoms with Crippen molar-refractivity contribution in [2.45, 2.75) is 18.7 Å². The third kappa shape index (κ3) is 3.73. The highest BCUT2D eigenvalue weighted by Gasteiger charge is 2.43. The number of carbonyl (C=O) groups is 1. The van der Waals surface area contributed by atoms with Crippen LogP contribution >= 0.6 is 0 Å². The van der Waals surface area contributed by atoms with Crippen molar-refractivity contribution in [3.63, 3.8) is 0 Å². The molecule has 2 aromatic carbocycles. The largest absolute Gasteiger partial charge is 0.422 e. The number of nitrogens with zero attached hydrogens (tertiary/aromatic N) is 3. The molecule has 0 spiro atoms. The van der Waals surface area contributed by atoms with Gasteiger partial charge >= 0.3 is 6.18 Å². The Bertz CT molecular complexity index is 1260. The van der Waals surface area contributed by atoms with E-state index in [0.717, 1.165) is 0 Å². The summed E-state index contributed by atoms with van der Waals surface area (Å²) >= 11 is 0. The number of nitrogens with two attached hydrogens (primary N) is 1. The van der Waals surface area contributed by atoms with Gasteiger partial charge < -0.3 is 19.9 Å². The molecule has 3 N–H and O–H groups in total. The van der Waals surface area contributed by atoms with Crippen LogP contribution in [0.1, 0.15) is 18.1 Å². The van der Waals surface area contributed by atoms with E-state index >= 15 is 0 Å². The smallest absolute Gasteiger partial charge is 0.376 e. The van der Waals surface area contributed by atoms with Crippen molar-refractivity contribution in [2.75, 3.05) is 0 Å². The minimum Gasteiger partial charge on any atom is -0.376 e. The highest BCUT2D eigenvalue weighted by atomic mass is 19.4. The lowest BCUT2D eigenvalue weighted by Gasteiger charge is -2.19. The molecule has 32 heavy (non-hydrogen) atoms. The van der Waals surface area contributed by atoms with Gasteiger partial charge in [0, 0.05) is 11.1 Å². The van der Waals surface area contributed by atoms with Crippen LogP contribution in [0.4, 0.5) is 13.2 Å². The van der Waals surface area contributed by atoms with E-state index in [1.807, 2.05) is 0 Å². The predicted octanol–water partition coefficient (Wildman–Crippen LogP) is 3.77. The first-order valence-electron chi connectivity index (χ1n) is 9.18. The summed E-state index contributed by atoms with van der Waals surface area (Å²) in [6.45, 7) is 1.24. The van der Waals surface area contributed by atoms with Crippen molar-refractivity contribution in [2.24, 2.45) is 5.73 Å². The summed E-state index contributed by atoms with van der Waals surface area (Å²) < 4.78 is 51.4. The Kier molecular flexibility index (Phi) is 5.05. The van der Waals surface area contributed by atoms with Gasteiger partial charge in [-0.1, -0.05) is 64.9 Å². The SMILES string of the molecule is CC(O)(C(N)=O)c1ccc(-c2noc(-c3onc(-c4ccccc4)c3C(F)(F)F)n2)cc1. The first-order chi connectivity index (χ1) is 15.1. The van der Waals surface area contributed by atoms with E-state index in [1.165, 1.54) is 43.3 Å². The summed E-state index contributed by atoms with van der Waals surface area (Å²) in [4.78, 5) is 15.4. The van der Waals surface area contributed by atoms with Gasteiger partial charge in [-0.3, -0.25) is 4.79 Å². The van der Waals surface area contributed by atoms with Gasteiger partial charge in [0.1, 0.15) is 11.3 Å². The maximum atomic E-state index is 13.8. The molecule has 4 rings (SSSR count). The molecule has 8 nitrogen and oxygen atoms in total. The lowest BCUT2D eigenvalue weighted by Crippen LogP contribution is -2.38. The molecule has 2 heterocycles. The van der Waals surface area contributed by atoms with Crippen molar-refractivity contribution in [3.05, 3.63) is 65.7 Å². The molecular formula is C21H15F3N4O4. The fraction of sp³-hybridized carbons (Fsp3) is 0.143. The molecule has 0 saturated heterocycles. The van der Waals surface area contributed by atoms with Crippen LogP contribution in [0.25, 0.3) is 34.3 Å². The van der Waals surface area contributed by atoms with Crippen LogP contribution in [0, 0.1) is 0 Å². The topological polar surface area (TPSA) is 128 Å². The molecule has 0 radical (unpaired) electrons. The standard InChI is InChI=1S/C21H15F3N4O4/c1-20(30,19(25)29)13-9-7-12(8-10-13)17-26-18(32-28-17)16-14(21(22,23)24)15(27-31-16)11-5-3-2-4-6-11/h2-10,30H,1H3,(H2,25,29). The van der Waals surface area contributed by atoms with Crippen molar-refractivity contribution in [1.82, 2.24) is 15.3 Å². The Morgan fingerprint density at radius 2 is 1.62 bits per heavy atom. The van der Waals surface area contributed by atoms with Gasteiger partial charge in [0.05, 0.1) is 0 Å². The van der Waals surface area contributed by atoms with Crippen LogP contribution < -0.4 is 5.73 Å². The van der Waals surface area contributed by atoms with Crippen molar-refractivity contribution in [1.29, 1.82) is 0 Å². The highest BCUT2D eigenvalue weighted by molar-refractivity contribution is 5.84. The molecule has 0 bridgehead atoms. The number of amides is 1. The molecule has 164 valence electrons. The third-order valence-electron chi connectivity index (χ3n) is 4.83. The van der Waals surface area contributed by atoms with Gasteiger partial charge in [-0.05, 0) is 12.5 Å². The van der Waals surface area contributed by atoms with Crippen LogP contribution in [-0.2, 0) is 16.6 Å². The molecule has 0 aliphatic carbocycles. The van der Waals surface area contributed by atoms with Gasteiger partial charge in [0.15, 0.2) is 5.60 Å². The monoisotopic (exact) mass is 444 g/mol. The fourth-order valence-electron chi connectivity index (χ4n) is 3.01. The van der Waals surface area contributed by atoms with Gasteiger partial charge in [-0.15, -0.1) is 0 Å². The second kappa shape index (κ2) is 7.61. The minimum atomic E-state index is -4.79. The normalized spacial score (nSPS) is 13.7. The Balaban J connectivity index is 1.72. The van der Waals surface area contributed by atoms with Crippen LogP contribution in [0.15, 0.2) is 63.6 Å². The molecule has 1 unspecified atom stereocenters. The molecule has 0 saturated carbocycles. The maximum Gasteiger partial charge on any atom is 0.422 e. The van der Waals surface area contributed by atoms with E-state index in [-0.39, 0.29) is 17.0 Å². The summed E-state index contributed by atoms with van der Waals surface area (Å²) in [5, 5.41) is 17.4. The first kappa shape index (κ1) is 21.2. The van der Waals surface area contributed by atoms with E-state index in [1.54, 1.807) is 18.2 Å². The van der Waals surface area contributed by atoms with E-state index in [0.29, 0.717) is 5.56 Å². The third-order valence-corrected chi connectivity index (χ3v) is 4.83.